The van der Waals surface area contributed by atoms with Gasteiger partial charge in [0.25, 0.3) is 0 Å². The van der Waals surface area contributed by atoms with Crippen molar-refractivity contribution >= 4 is 33.3 Å². The van der Waals surface area contributed by atoms with Gasteiger partial charge in [-0.1, -0.05) is 12.8 Å². The van der Waals surface area contributed by atoms with Crippen molar-refractivity contribution in [2.24, 2.45) is 0 Å². The van der Waals surface area contributed by atoms with Crippen LogP contribution in [0.25, 0.3) is 0 Å². The zero-order valence-electron chi connectivity index (χ0n) is 10.3. The Morgan fingerprint density at radius 2 is 2.06 bits per heavy atom. The molecule has 2 unspecified atom stereocenters. The van der Waals surface area contributed by atoms with Crippen molar-refractivity contribution in [1.82, 2.24) is 4.98 Å². The first-order chi connectivity index (χ1) is 8.09. The van der Waals surface area contributed by atoms with Gasteiger partial charge in [0.2, 0.25) is 0 Å². The molecule has 1 aliphatic carbocycles. The molecule has 1 aliphatic rings. The van der Waals surface area contributed by atoms with E-state index < -0.39 is 0 Å². The van der Waals surface area contributed by atoms with Crippen LogP contribution in [0.15, 0.2) is 16.6 Å². The topological polar surface area (TPSA) is 16.1 Å². The number of halogens is 2. The molecule has 2 atom stereocenters. The highest BCUT2D eigenvalue weighted by atomic mass is 79.9. The monoisotopic (exact) mass is 316 g/mol. The predicted octanol–water partition coefficient (Wildman–Crippen LogP) is 4.14. The minimum atomic E-state index is 0.250. The molecule has 1 aromatic rings. The van der Waals surface area contributed by atoms with Gasteiger partial charge in [-0.15, -0.1) is 11.6 Å². The van der Waals surface area contributed by atoms with E-state index in [2.05, 4.69) is 45.0 Å². The number of rotatable bonds is 2. The van der Waals surface area contributed by atoms with Crippen LogP contribution in [-0.4, -0.2) is 23.5 Å². The maximum Gasteiger partial charge on any atom is 0.128 e. The van der Waals surface area contributed by atoms with E-state index in [4.69, 9.17) is 11.6 Å². The van der Waals surface area contributed by atoms with Crippen molar-refractivity contribution in [2.45, 2.75) is 44.0 Å². The van der Waals surface area contributed by atoms with Crippen LogP contribution in [0.2, 0.25) is 0 Å². The smallest absolute Gasteiger partial charge is 0.128 e. The van der Waals surface area contributed by atoms with Crippen molar-refractivity contribution in [3.8, 4) is 0 Å². The summed E-state index contributed by atoms with van der Waals surface area (Å²) in [5.41, 5.74) is 1.02. The molecule has 1 aromatic heterocycles. The van der Waals surface area contributed by atoms with Crippen molar-refractivity contribution in [2.75, 3.05) is 11.9 Å². The quantitative estimate of drug-likeness (QED) is 0.762. The van der Waals surface area contributed by atoms with Gasteiger partial charge in [0.15, 0.2) is 0 Å². The molecule has 94 valence electrons. The third-order valence-electron chi connectivity index (χ3n) is 3.51. The van der Waals surface area contributed by atoms with Crippen LogP contribution in [0.4, 0.5) is 5.82 Å². The molecule has 0 spiro atoms. The van der Waals surface area contributed by atoms with E-state index in [0.717, 1.165) is 22.4 Å². The highest BCUT2D eigenvalue weighted by molar-refractivity contribution is 9.10. The molecule has 0 aromatic carbocycles. The Morgan fingerprint density at radius 3 is 2.71 bits per heavy atom. The van der Waals surface area contributed by atoms with E-state index in [1.807, 2.05) is 6.92 Å². The van der Waals surface area contributed by atoms with E-state index in [0.29, 0.717) is 6.04 Å². The predicted molar refractivity (Wildman–Crippen MR) is 77.0 cm³/mol. The first-order valence-electron chi connectivity index (χ1n) is 6.09. The lowest BCUT2D eigenvalue weighted by Crippen LogP contribution is -2.41. The molecule has 1 fully saturated rings. The molecule has 0 bridgehead atoms. The van der Waals surface area contributed by atoms with E-state index in [1.54, 1.807) is 0 Å². The molecule has 17 heavy (non-hydrogen) atoms. The summed E-state index contributed by atoms with van der Waals surface area (Å²) in [6, 6.07) is 4.52. The van der Waals surface area contributed by atoms with Gasteiger partial charge in [0, 0.05) is 17.6 Å². The second-order valence-corrected chi connectivity index (χ2v) is 6.13. The summed E-state index contributed by atoms with van der Waals surface area (Å²) in [7, 11) is 2.10. The van der Waals surface area contributed by atoms with E-state index >= 15 is 0 Å². The zero-order valence-corrected chi connectivity index (χ0v) is 12.6. The van der Waals surface area contributed by atoms with Crippen molar-refractivity contribution in [3.63, 3.8) is 0 Å². The molecule has 0 saturated heterocycles. The average molecular weight is 318 g/mol. The Labute approximate surface area is 116 Å². The first-order valence-corrected chi connectivity index (χ1v) is 7.32. The van der Waals surface area contributed by atoms with Gasteiger partial charge in [0.05, 0.1) is 11.1 Å². The summed E-state index contributed by atoms with van der Waals surface area (Å²) in [5.74, 6) is 1.02. The van der Waals surface area contributed by atoms with Gasteiger partial charge in [0.1, 0.15) is 5.82 Å². The summed E-state index contributed by atoms with van der Waals surface area (Å²) in [6.07, 6.45) is 4.81. The highest BCUT2D eigenvalue weighted by Crippen LogP contribution is 2.29. The standard InChI is InChI=1S/C13H18BrClN2/c1-9-10(14)7-8-13(16-9)17(2)12-6-4-3-5-11(12)15/h7-8,11-12H,3-6H2,1-2H3. The van der Waals surface area contributed by atoms with Gasteiger partial charge < -0.3 is 4.90 Å². The fourth-order valence-corrected chi connectivity index (χ4v) is 3.07. The Balaban J connectivity index is 2.17. The molecular weight excluding hydrogens is 300 g/mol. The van der Waals surface area contributed by atoms with Crippen LogP contribution in [-0.2, 0) is 0 Å². The molecule has 4 heteroatoms. The number of alkyl halides is 1. The number of pyridine rings is 1. The number of anilines is 1. The molecule has 2 nitrogen and oxygen atoms in total. The molecule has 0 amide bonds. The summed E-state index contributed by atoms with van der Waals surface area (Å²) >= 11 is 9.90. The number of nitrogens with zero attached hydrogens (tertiary/aromatic N) is 2. The summed E-state index contributed by atoms with van der Waals surface area (Å²) in [5, 5.41) is 0.250. The fourth-order valence-electron chi connectivity index (χ4n) is 2.40. The van der Waals surface area contributed by atoms with Gasteiger partial charge >= 0.3 is 0 Å². The van der Waals surface area contributed by atoms with Crippen molar-refractivity contribution < 1.29 is 0 Å². The Morgan fingerprint density at radius 1 is 1.35 bits per heavy atom. The van der Waals surface area contributed by atoms with Crippen LogP contribution in [0, 0.1) is 6.92 Å². The zero-order chi connectivity index (χ0) is 12.4. The molecule has 1 heterocycles. The van der Waals surface area contributed by atoms with Gasteiger partial charge in [-0.05, 0) is 47.8 Å². The molecule has 0 N–H and O–H groups in total. The lowest BCUT2D eigenvalue weighted by Gasteiger charge is -2.35. The SMILES string of the molecule is Cc1nc(N(C)C2CCCCC2Cl)ccc1Br. The first kappa shape index (κ1) is 13.2. The fraction of sp³-hybridized carbons (Fsp3) is 0.615. The molecular formula is C13H18BrClN2. The Bertz CT molecular complexity index is 397. The van der Waals surface area contributed by atoms with Crippen molar-refractivity contribution in [3.05, 3.63) is 22.3 Å². The average Bonchev–Trinajstić information content (AvgIpc) is 2.32. The van der Waals surface area contributed by atoms with E-state index in [-0.39, 0.29) is 5.38 Å². The van der Waals surface area contributed by atoms with Gasteiger partial charge in [-0.3, -0.25) is 0 Å². The molecule has 0 aliphatic heterocycles. The lowest BCUT2D eigenvalue weighted by molar-refractivity contribution is 0.432. The maximum atomic E-state index is 6.42. The molecule has 2 rings (SSSR count). The second-order valence-electron chi connectivity index (χ2n) is 4.72. The number of aryl methyl sites for hydroxylation is 1. The Hall–Kier alpha value is -0.280. The summed E-state index contributed by atoms with van der Waals surface area (Å²) < 4.78 is 1.06. The Kier molecular flexibility index (Phi) is 4.31. The van der Waals surface area contributed by atoms with Crippen LogP contribution in [0.1, 0.15) is 31.4 Å². The van der Waals surface area contributed by atoms with E-state index in [9.17, 15) is 0 Å². The minimum Gasteiger partial charge on any atom is -0.355 e. The van der Waals surface area contributed by atoms with Gasteiger partial charge in [-0.25, -0.2) is 4.98 Å². The minimum absolute atomic E-state index is 0.250. The highest BCUT2D eigenvalue weighted by Gasteiger charge is 2.27. The second kappa shape index (κ2) is 5.57. The molecule has 0 radical (unpaired) electrons. The maximum absolute atomic E-state index is 6.42. The normalized spacial score (nSPS) is 24.7. The third kappa shape index (κ3) is 2.94. The number of aromatic nitrogens is 1. The van der Waals surface area contributed by atoms with Gasteiger partial charge in [-0.2, -0.15) is 0 Å². The summed E-state index contributed by atoms with van der Waals surface area (Å²) in [4.78, 5) is 6.84. The third-order valence-corrected chi connectivity index (χ3v) is 4.86. The van der Waals surface area contributed by atoms with Crippen LogP contribution in [0.5, 0.6) is 0 Å². The van der Waals surface area contributed by atoms with Crippen LogP contribution >= 0.6 is 27.5 Å². The largest absolute Gasteiger partial charge is 0.355 e. The van der Waals surface area contributed by atoms with Crippen LogP contribution < -0.4 is 4.90 Å². The van der Waals surface area contributed by atoms with Crippen molar-refractivity contribution in [1.29, 1.82) is 0 Å². The number of hydrogen-bond acceptors (Lipinski definition) is 2. The summed E-state index contributed by atoms with van der Waals surface area (Å²) in [6.45, 7) is 2.01. The molecule has 1 saturated carbocycles. The number of hydrogen-bond donors (Lipinski definition) is 0. The van der Waals surface area contributed by atoms with Crippen LogP contribution in [0.3, 0.4) is 0 Å². The lowest BCUT2D eigenvalue weighted by atomic mass is 9.94. The van der Waals surface area contributed by atoms with E-state index in [1.165, 1.54) is 19.3 Å².